The summed E-state index contributed by atoms with van der Waals surface area (Å²) in [6.07, 6.45) is 1.03. The molecule has 0 radical (unpaired) electrons. The largest absolute Gasteiger partial charge is 0.379 e. The molecule has 0 bridgehead atoms. The highest BCUT2D eigenvalue weighted by Gasteiger charge is 2.64. The number of amides is 1. The van der Waals surface area contributed by atoms with Crippen LogP contribution in [0.1, 0.15) is 30.6 Å². The van der Waals surface area contributed by atoms with Crippen molar-refractivity contribution in [2.24, 2.45) is 16.7 Å². The molecule has 1 aromatic rings. The Morgan fingerprint density at radius 3 is 2.66 bits per heavy atom. The van der Waals surface area contributed by atoms with E-state index in [9.17, 15) is 13.2 Å². The molecule has 0 aromatic heterocycles. The number of sulfonamides is 1. The third-order valence-electron chi connectivity index (χ3n) is 6.97. The molecule has 2 atom stereocenters. The normalized spacial score (nSPS) is 29.8. The first-order valence-corrected chi connectivity index (χ1v) is 11.7. The number of hydrogen-bond acceptors (Lipinski definition) is 5. The maximum Gasteiger partial charge on any atom is 0.251 e. The molecule has 7 nitrogen and oxygen atoms in total. The van der Waals surface area contributed by atoms with E-state index >= 15 is 0 Å². The Bertz CT molecular complexity index is 895. The Kier molecular flexibility index (Phi) is 5.26. The van der Waals surface area contributed by atoms with Gasteiger partial charge in [-0.1, -0.05) is 19.9 Å². The third kappa shape index (κ3) is 3.60. The Morgan fingerprint density at radius 1 is 1.28 bits per heavy atom. The summed E-state index contributed by atoms with van der Waals surface area (Å²) in [5.41, 5.74) is 0.506. The number of rotatable bonds is 5. The lowest BCUT2D eigenvalue weighted by molar-refractivity contribution is -0.0965. The van der Waals surface area contributed by atoms with Gasteiger partial charge in [0.1, 0.15) is 0 Å². The van der Waals surface area contributed by atoms with Gasteiger partial charge in [-0.15, -0.1) is 0 Å². The summed E-state index contributed by atoms with van der Waals surface area (Å²) < 4.78 is 34.0. The van der Waals surface area contributed by atoms with Gasteiger partial charge in [0.15, 0.2) is 0 Å². The Morgan fingerprint density at radius 2 is 2.00 bits per heavy atom. The van der Waals surface area contributed by atoms with Crippen molar-refractivity contribution >= 4 is 15.9 Å². The van der Waals surface area contributed by atoms with E-state index in [0.29, 0.717) is 24.6 Å². The van der Waals surface area contributed by atoms with E-state index in [-0.39, 0.29) is 21.6 Å². The zero-order valence-corrected chi connectivity index (χ0v) is 18.3. The molecule has 1 saturated carbocycles. The molecule has 160 valence electrons. The van der Waals surface area contributed by atoms with Crippen molar-refractivity contribution in [3.05, 3.63) is 29.8 Å². The van der Waals surface area contributed by atoms with Crippen LogP contribution in [0.2, 0.25) is 0 Å². The summed E-state index contributed by atoms with van der Waals surface area (Å²) in [6, 6.07) is 6.33. The summed E-state index contributed by atoms with van der Waals surface area (Å²) in [6.45, 7) is 9.83. The molecule has 2 heterocycles. The van der Waals surface area contributed by atoms with E-state index in [2.05, 4.69) is 24.1 Å². The van der Waals surface area contributed by atoms with Crippen LogP contribution >= 0.6 is 0 Å². The quantitative estimate of drug-likeness (QED) is 0.778. The highest BCUT2D eigenvalue weighted by molar-refractivity contribution is 7.89. The van der Waals surface area contributed by atoms with E-state index in [4.69, 9.17) is 4.74 Å². The molecule has 2 saturated heterocycles. The summed E-state index contributed by atoms with van der Waals surface area (Å²) in [7, 11) is -2.11. The predicted octanol–water partition coefficient (Wildman–Crippen LogP) is 1.42. The molecular weight excluding hydrogens is 390 g/mol. The molecule has 1 aliphatic carbocycles. The Labute approximate surface area is 173 Å². The van der Waals surface area contributed by atoms with Gasteiger partial charge in [-0.05, 0) is 36.0 Å². The molecule has 1 N–H and O–H groups in total. The molecular formula is C21H31N3O4S. The zero-order chi connectivity index (χ0) is 20.9. The lowest BCUT2D eigenvalue weighted by atomic mass is 9.48. The van der Waals surface area contributed by atoms with Crippen LogP contribution in [0.25, 0.3) is 0 Å². The van der Waals surface area contributed by atoms with Crippen LogP contribution in [0, 0.1) is 16.7 Å². The standard InChI is InChI=1S/C21H31N3O4S/c1-20(2)13-21(14-23-7-9-28-10-8-23)15-24(12-18(20)21)29(26,27)17-6-4-5-16(11-17)19(25)22-3/h4-6,11,18H,7-10,12-15H2,1-3H3,(H,22,25)/t18-,21+/m1/s1. The maximum absolute atomic E-state index is 13.4. The maximum atomic E-state index is 13.4. The van der Waals surface area contributed by atoms with Gasteiger partial charge in [0.2, 0.25) is 10.0 Å². The zero-order valence-electron chi connectivity index (χ0n) is 17.5. The second-order valence-corrected chi connectivity index (χ2v) is 11.3. The van der Waals surface area contributed by atoms with Crippen molar-refractivity contribution in [3.8, 4) is 0 Å². The van der Waals surface area contributed by atoms with Crippen LogP contribution in [0.3, 0.4) is 0 Å². The first kappa shape index (κ1) is 20.8. The molecule has 3 fully saturated rings. The molecule has 2 aliphatic heterocycles. The second-order valence-electron chi connectivity index (χ2n) is 9.37. The number of nitrogens with zero attached hydrogens (tertiary/aromatic N) is 2. The second kappa shape index (κ2) is 7.34. The predicted molar refractivity (Wildman–Crippen MR) is 110 cm³/mol. The van der Waals surface area contributed by atoms with Crippen molar-refractivity contribution in [2.45, 2.75) is 25.2 Å². The van der Waals surface area contributed by atoms with Crippen LogP contribution < -0.4 is 5.32 Å². The smallest absolute Gasteiger partial charge is 0.251 e. The average molecular weight is 422 g/mol. The van der Waals surface area contributed by atoms with E-state index in [0.717, 1.165) is 39.3 Å². The number of fused-ring (bicyclic) bond motifs is 1. The summed E-state index contributed by atoms with van der Waals surface area (Å²) in [4.78, 5) is 14.6. The van der Waals surface area contributed by atoms with Crippen LogP contribution in [-0.2, 0) is 14.8 Å². The fourth-order valence-electron chi connectivity index (χ4n) is 5.77. The number of carbonyl (C=O) groups excluding carboxylic acids is 1. The van der Waals surface area contributed by atoms with Crippen molar-refractivity contribution < 1.29 is 17.9 Å². The van der Waals surface area contributed by atoms with Crippen molar-refractivity contribution in [2.75, 3.05) is 53.0 Å². The molecule has 1 aromatic carbocycles. The number of hydrogen-bond donors (Lipinski definition) is 1. The topological polar surface area (TPSA) is 79.0 Å². The summed E-state index contributed by atoms with van der Waals surface area (Å²) in [5, 5.41) is 2.55. The Hall–Kier alpha value is -1.48. The average Bonchev–Trinajstić information content (AvgIpc) is 3.03. The number of benzene rings is 1. The SMILES string of the molecule is CNC(=O)c1cccc(S(=O)(=O)N2C[C@@H]3C(C)(C)C[C@]3(CN3CCOCC3)C2)c1. The lowest BCUT2D eigenvalue weighted by Crippen LogP contribution is -2.59. The van der Waals surface area contributed by atoms with Crippen molar-refractivity contribution in [3.63, 3.8) is 0 Å². The number of ether oxygens (including phenoxy) is 1. The van der Waals surface area contributed by atoms with E-state index in [1.54, 1.807) is 29.6 Å². The Balaban J connectivity index is 1.58. The van der Waals surface area contributed by atoms with Crippen molar-refractivity contribution in [1.82, 2.24) is 14.5 Å². The van der Waals surface area contributed by atoms with Crippen LogP contribution in [0.5, 0.6) is 0 Å². The fourth-order valence-corrected chi connectivity index (χ4v) is 7.37. The van der Waals surface area contributed by atoms with E-state index in [1.807, 2.05) is 0 Å². The van der Waals surface area contributed by atoms with Gasteiger partial charge in [-0.3, -0.25) is 9.69 Å². The number of nitrogens with one attached hydrogen (secondary N) is 1. The minimum Gasteiger partial charge on any atom is -0.379 e. The molecule has 0 spiro atoms. The van der Waals surface area contributed by atoms with Crippen LogP contribution in [0.4, 0.5) is 0 Å². The van der Waals surface area contributed by atoms with Crippen LogP contribution in [-0.4, -0.2) is 76.5 Å². The first-order valence-electron chi connectivity index (χ1n) is 10.3. The highest BCUT2D eigenvalue weighted by atomic mass is 32.2. The van der Waals surface area contributed by atoms with Gasteiger partial charge in [-0.25, -0.2) is 8.42 Å². The number of morpholine rings is 1. The number of carbonyl (C=O) groups is 1. The molecule has 1 amide bonds. The lowest BCUT2D eigenvalue weighted by Gasteiger charge is -2.58. The van der Waals surface area contributed by atoms with Gasteiger partial charge in [0.05, 0.1) is 18.1 Å². The van der Waals surface area contributed by atoms with Crippen molar-refractivity contribution in [1.29, 1.82) is 0 Å². The molecule has 3 aliphatic rings. The van der Waals surface area contributed by atoms with Crippen LogP contribution in [0.15, 0.2) is 29.2 Å². The third-order valence-corrected chi connectivity index (χ3v) is 8.78. The summed E-state index contributed by atoms with van der Waals surface area (Å²) in [5.74, 6) is 0.0585. The highest BCUT2D eigenvalue weighted by Crippen LogP contribution is 2.63. The van der Waals surface area contributed by atoms with E-state index in [1.165, 1.54) is 6.07 Å². The minimum atomic E-state index is -3.65. The first-order chi connectivity index (χ1) is 13.7. The molecule has 29 heavy (non-hydrogen) atoms. The molecule has 0 unspecified atom stereocenters. The van der Waals surface area contributed by atoms with Gasteiger partial charge in [0, 0.05) is 50.7 Å². The summed E-state index contributed by atoms with van der Waals surface area (Å²) >= 11 is 0. The van der Waals surface area contributed by atoms with Gasteiger partial charge in [0.25, 0.3) is 5.91 Å². The van der Waals surface area contributed by atoms with E-state index < -0.39 is 10.0 Å². The molecule has 4 rings (SSSR count). The minimum absolute atomic E-state index is 0.00626. The van der Waals surface area contributed by atoms with Gasteiger partial charge < -0.3 is 10.1 Å². The fraction of sp³-hybridized carbons (Fsp3) is 0.667. The molecule has 8 heteroatoms. The van der Waals surface area contributed by atoms with Gasteiger partial charge in [-0.2, -0.15) is 4.31 Å². The monoisotopic (exact) mass is 421 g/mol. The van der Waals surface area contributed by atoms with Gasteiger partial charge >= 0.3 is 0 Å².